The largest absolute Gasteiger partial charge is 0.477 e. The zero-order valence-corrected chi connectivity index (χ0v) is 12.3. The van der Waals surface area contributed by atoms with Crippen LogP contribution in [0.5, 0.6) is 0 Å². The van der Waals surface area contributed by atoms with Crippen LogP contribution in [0.15, 0.2) is 53.6 Å². The van der Waals surface area contributed by atoms with Crippen molar-refractivity contribution in [1.29, 1.82) is 0 Å². The van der Waals surface area contributed by atoms with Gasteiger partial charge >= 0.3 is 5.97 Å². The second-order valence-electron chi connectivity index (χ2n) is 4.85. The Morgan fingerprint density at radius 3 is 2.76 bits per heavy atom. The van der Waals surface area contributed by atoms with Gasteiger partial charge in [-0.15, -0.1) is 12.6 Å². The van der Waals surface area contributed by atoms with Crippen molar-refractivity contribution in [2.45, 2.75) is 17.9 Å². The maximum Gasteiger partial charge on any atom is 0.352 e. The molecule has 0 aliphatic carbocycles. The molecular formula is C16H14N2O2S. The van der Waals surface area contributed by atoms with Crippen molar-refractivity contribution >= 4 is 29.5 Å². The smallest absolute Gasteiger partial charge is 0.352 e. The lowest BCUT2D eigenvalue weighted by atomic mass is 10.2. The Labute approximate surface area is 127 Å². The van der Waals surface area contributed by atoms with Gasteiger partial charge in [0.05, 0.1) is 17.3 Å². The minimum Gasteiger partial charge on any atom is -0.477 e. The van der Waals surface area contributed by atoms with E-state index in [0.29, 0.717) is 0 Å². The molecule has 4 nitrogen and oxygen atoms in total. The molecule has 0 aliphatic rings. The van der Waals surface area contributed by atoms with Crippen LogP contribution in [0.2, 0.25) is 0 Å². The number of pyridine rings is 1. The van der Waals surface area contributed by atoms with Gasteiger partial charge in [-0.1, -0.05) is 18.2 Å². The number of carbonyl (C=O) groups is 1. The fraction of sp³-hybridized carbons (Fsp3) is 0.125. The molecule has 0 spiro atoms. The number of aromatic carboxylic acids is 1. The molecule has 0 saturated heterocycles. The molecule has 0 amide bonds. The van der Waals surface area contributed by atoms with Crippen LogP contribution in [0, 0.1) is 0 Å². The fourth-order valence-corrected chi connectivity index (χ4v) is 2.91. The van der Waals surface area contributed by atoms with E-state index in [9.17, 15) is 9.90 Å². The topological polar surface area (TPSA) is 55.1 Å². The van der Waals surface area contributed by atoms with Crippen LogP contribution in [-0.4, -0.2) is 20.6 Å². The summed E-state index contributed by atoms with van der Waals surface area (Å²) in [5.74, 6) is -0.957. The second-order valence-corrected chi connectivity index (χ2v) is 5.33. The van der Waals surface area contributed by atoms with Crippen LogP contribution in [-0.2, 0) is 0 Å². The van der Waals surface area contributed by atoms with Gasteiger partial charge < -0.3 is 9.67 Å². The number of hydrogen-bond donors (Lipinski definition) is 2. The molecule has 5 heteroatoms. The average Bonchev–Trinajstić information content (AvgIpc) is 2.88. The second kappa shape index (κ2) is 5.26. The minimum absolute atomic E-state index is 0.192. The summed E-state index contributed by atoms with van der Waals surface area (Å²) < 4.78 is 1.78. The van der Waals surface area contributed by atoms with Gasteiger partial charge in [0, 0.05) is 16.5 Å². The molecule has 21 heavy (non-hydrogen) atoms. The van der Waals surface area contributed by atoms with Crippen molar-refractivity contribution in [2.24, 2.45) is 0 Å². The van der Waals surface area contributed by atoms with E-state index in [2.05, 4.69) is 17.6 Å². The fourth-order valence-electron chi connectivity index (χ4n) is 2.59. The molecule has 1 aromatic carbocycles. The van der Waals surface area contributed by atoms with Gasteiger partial charge in [0.25, 0.3) is 0 Å². The molecule has 3 rings (SSSR count). The number of thiol groups is 1. The molecule has 0 fully saturated rings. The summed E-state index contributed by atoms with van der Waals surface area (Å²) >= 11 is 4.47. The predicted molar refractivity (Wildman–Crippen MR) is 84.2 cm³/mol. The van der Waals surface area contributed by atoms with Crippen molar-refractivity contribution in [2.75, 3.05) is 0 Å². The number of para-hydroxylation sites is 1. The number of rotatable bonds is 3. The normalized spacial score (nSPS) is 12.5. The highest BCUT2D eigenvalue weighted by molar-refractivity contribution is 7.80. The number of fused-ring (bicyclic) bond motifs is 1. The summed E-state index contributed by atoms with van der Waals surface area (Å²) in [6.07, 6.45) is 1.71. The van der Waals surface area contributed by atoms with Gasteiger partial charge in [-0.3, -0.25) is 4.98 Å². The van der Waals surface area contributed by atoms with E-state index >= 15 is 0 Å². The van der Waals surface area contributed by atoms with Crippen LogP contribution in [0.25, 0.3) is 10.9 Å². The maximum atomic E-state index is 11.6. The lowest BCUT2D eigenvalue weighted by Crippen LogP contribution is -2.14. The highest BCUT2D eigenvalue weighted by Crippen LogP contribution is 2.31. The lowest BCUT2D eigenvalue weighted by Gasteiger charge is -2.17. The Balaban J connectivity index is 2.29. The Morgan fingerprint density at radius 1 is 1.29 bits per heavy atom. The summed E-state index contributed by atoms with van der Waals surface area (Å²) in [7, 11) is 0. The third-order valence-electron chi connectivity index (χ3n) is 3.56. The Hall–Kier alpha value is -2.27. The molecule has 0 bridgehead atoms. The van der Waals surface area contributed by atoms with Gasteiger partial charge in [0.15, 0.2) is 0 Å². The third kappa shape index (κ3) is 2.29. The van der Waals surface area contributed by atoms with E-state index < -0.39 is 5.97 Å². The molecule has 1 unspecified atom stereocenters. The maximum absolute atomic E-state index is 11.6. The van der Waals surface area contributed by atoms with Crippen molar-refractivity contribution in [1.82, 2.24) is 9.55 Å². The summed E-state index contributed by atoms with van der Waals surface area (Å²) in [5, 5.41) is 10.4. The minimum atomic E-state index is -0.957. The molecule has 3 aromatic rings. The first kappa shape index (κ1) is 13.7. The van der Waals surface area contributed by atoms with Crippen LogP contribution in [0.3, 0.4) is 0 Å². The predicted octanol–water partition coefficient (Wildman–Crippen LogP) is 3.63. The van der Waals surface area contributed by atoms with Crippen molar-refractivity contribution < 1.29 is 9.90 Å². The molecule has 2 heterocycles. The summed E-state index contributed by atoms with van der Waals surface area (Å²) in [4.78, 5) is 16.7. The number of nitrogens with zero attached hydrogens (tertiary/aromatic N) is 2. The highest BCUT2D eigenvalue weighted by atomic mass is 32.1. The number of hydrogen-bond acceptors (Lipinski definition) is 3. The van der Waals surface area contributed by atoms with E-state index in [1.54, 1.807) is 16.8 Å². The van der Waals surface area contributed by atoms with E-state index in [1.807, 2.05) is 43.3 Å². The van der Waals surface area contributed by atoms with Gasteiger partial charge in [-0.05, 0) is 31.2 Å². The van der Waals surface area contributed by atoms with Gasteiger partial charge in [-0.25, -0.2) is 4.79 Å². The van der Waals surface area contributed by atoms with Crippen LogP contribution in [0.4, 0.5) is 0 Å². The Kier molecular flexibility index (Phi) is 3.43. The van der Waals surface area contributed by atoms with E-state index in [4.69, 9.17) is 0 Å². The third-order valence-corrected chi connectivity index (χ3v) is 3.92. The molecule has 106 valence electrons. The quantitative estimate of drug-likeness (QED) is 0.726. The van der Waals surface area contributed by atoms with Crippen molar-refractivity contribution in [3.8, 4) is 0 Å². The van der Waals surface area contributed by atoms with E-state index in [-0.39, 0.29) is 11.7 Å². The standard InChI is InChI=1S/C16H14N2O2S/c1-10(12-6-2-3-8-17-12)18-13(16(19)20)9-11-5-4-7-14(21)15(11)18/h2-10,21H,1H3,(H,19,20). The Bertz CT molecular complexity index is 812. The number of benzene rings is 1. The number of carboxylic acids is 1. The van der Waals surface area contributed by atoms with Crippen molar-refractivity contribution in [3.05, 3.63) is 60.0 Å². The van der Waals surface area contributed by atoms with Gasteiger partial charge in [0.2, 0.25) is 0 Å². The number of carboxylic acid groups (broad SMARTS) is 1. The van der Waals surface area contributed by atoms with E-state index in [1.165, 1.54) is 0 Å². The first-order chi connectivity index (χ1) is 10.1. The summed E-state index contributed by atoms with van der Waals surface area (Å²) in [6.45, 7) is 1.94. The molecular weight excluding hydrogens is 284 g/mol. The highest BCUT2D eigenvalue weighted by Gasteiger charge is 2.21. The van der Waals surface area contributed by atoms with Crippen LogP contribution >= 0.6 is 12.6 Å². The van der Waals surface area contributed by atoms with E-state index in [0.717, 1.165) is 21.5 Å². The summed E-state index contributed by atoms with van der Waals surface area (Å²) in [5.41, 5.74) is 1.87. The zero-order chi connectivity index (χ0) is 15.0. The van der Waals surface area contributed by atoms with Crippen molar-refractivity contribution in [3.63, 3.8) is 0 Å². The average molecular weight is 298 g/mol. The van der Waals surface area contributed by atoms with Crippen LogP contribution in [0.1, 0.15) is 29.1 Å². The zero-order valence-electron chi connectivity index (χ0n) is 11.4. The molecule has 2 aromatic heterocycles. The molecule has 1 N–H and O–H groups in total. The molecule has 0 saturated carbocycles. The summed E-state index contributed by atoms with van der Waals surface area (Å²) in [6, 6.07) is 12.7. The first-order valence-electron chi connectivity index (χ1n) is 6.56. The lowest BCUT2D eigenvalue weighted by molar-refractivity contribution is 0.0684. The molecule has 1 atom stereocenters. The molecule has 0 radical (unpaired) electrons. The Morgan fingerprint density at radius 2 is 2.10 bits per heavy atom. The first-order valence-corrected chi connectivity index (χ1v) is 7.01. The van der Waals surface area contributed by atoms with Gasteiger partial charge in [0.1, 0.15) is 5.69 Å². The van der Waals surface area contributed by atoms with Crippen LogP contribution < -0.4 is 0 Å². The molecule has 0 aliphatic heterocycles. The monoisotopic (exact) mass is 298 g/mol. The SMILES string of the molecule is CC(c1ccccn1)n1c(C(=O)O)cc2cccc(S)c21. The number of aromatic nitrogens is 2. The van der Waals surface area contributed by atoms with Gasteiger partial charge in [-0.2, -0.15) is 0 Å².